The Kier molecular flexibility index (Phi) is 7.38. The van der Waals surface area contributed by atoms with Crippen molar-refractivity contribution in [2.45, 2.75) is 19.3 Å². The first-order valence-corrected chi connectivity index (χ1v) is 18.4. The number of nitrogens with zero attached hydrogens (tertiary/aromatic N) is 1. The number of benzene rings is 9. The average molecular weight is 698 g/mol. The molecule has 0 heterocycles. The van der Waals surface area contributed by atoms with Crippen molar-refractivity contribution in [3.63, 3.8) is 0 Å². The predicted molar refractivity (Wildman–Crippen MR) is 225 cm³/mol. The lowest BCUT2D eigenvalue weighted by Crippen LogP contribution is -2.21. The molecule has 1 aliphatic carbocycles. The maximum absolute atomic E-state index is 9.87. The minimum Gasteiger partial charge on any atom is -0.511 e. The molecule has 0 spiro atoms. The molecule has 0 atom stereocenters. The van der Waals surface area contributed by atoms with Crippen LogP contribution in [0.2, 0.25) is 0 Å². The van der Waals surface area contributed by atoms with Gasteiger partial charge in [-0.1, -0.05) is 153 Å². The van der Waals surface area contributed by atoms with E-state index >= 15 is 0 Å². The van der Waals surface area contributed by atoms with Gasteiger partial charge in [-0.05, 0) is 85.3 Å². The molecule has 2 N–H and O–H groups in total. The Morgan fingerprint density at radius 2 is 0.944 bits per heavy atom. The van der Waals surface area contributed by atoms with Gasteiger partial charge in [0.2, 0.25) is 0 Å². The van der Waals surface area contributed by atoms with Gasteiger partial charge in [0.25, 0.3) is 0 Å². The Morgan fingerprint density at radius 3 is 1.50 bits per heavy atom. The fourth-order valence-corrected chi connectivity index (χ4v) is 8.87. The van der Waals surface area contributed by atoms with E-state index in [4.69, 9.17) is 4.65 Å². The minimum atomic E-state index is -1.93. The molecule has 0 radical (unpaired) electrons. The lowest BCUT2D eigenvalue weighted by Gasteiger charge is -2.30. The number of hydrogen-bond acceptors (Lipinski definition) is 4. The maximum atomic E-state index is 9.87. The van der Waals surface area contributed by atoms with E-state index in [9.17, 15) is 10.0 Å². The van der Waals surface area contributed by atoms with Crippen LogP contribution in [0.1, 0.15) is 25.0 Å². The molecule has 4 nitrogen and oxygen atoms in total. The standard InChI is InChI=1S/C49H36BNO3/c1-49(2)43-29-33(47-39-19-7-9-21-41(39)48(54-50(52)53)42-22-10-8-20-40(42)47)25-27-37(43)38-28-26-34(30-44(38)49)51(45-23-11-15-31-13-3-5-17-35(31)45)46-24-12-16-32-14-4-6-18-36(32)46/h3-30,52-53H,1-2H3. The van der Waals surface area contributed by atoms with Gasteiger partial charge < -0.3 is 19.6 Å². The first kappa shape index (κ1) is 32.3. The highest BCUT2D eigenvalue weighted by atomic mass is 16.6. The molecular formula is C49H36BNO3. The predicted octanol–water partition coefficient (Wildman–Crippen LogP) is 12.1. The Morgan fingerprint density at radius 1 is 0.481 bits per heavy atom. The Bertz CT molecular complexity index is 2800. The molecule has 0 fully saturated rings. The van der Waals surface area contributed by atoms with Gasteiger partial charge in [-0.2, -0.15) is 0 Å². The summed E-state index contributed by atoms with van der Waals surface area (Å²) in [5.74, 6) is 0.461. The van der Waals surface area contributed by atoms with E-state index in [-0.39, 0.29) is 5.41 Å². The van der Waals surface area contributed by atoms with Crippen molar-refractivity contribution >= 4 is 67.5 Å². The van der Waals surface area contributed by atoms with E-state index in [0.717, 1.165) is 49.7 Å². The topological polar surface area (TPSA) is 52.9 Å². The van der Waals surface area contributed by atoms with Crippen LogP contribution in [0.25, 0.3) is 65.3 Å². The molecule has 0 saturated heterocycles. The highest BCUT2D eigenvalue weighted by molar-refractivity contribution is 6.35. The lowest BCUT2D eigenvalue weighted by atomic mass is 9.80. The summed E-state index contributed by atoms with van der Waals surface area (Å²) in [6.45, 7) is 4.67. The molecule has 0 aromatic heterocycles. The molecule has 0 unspecified atom stereocenters. The molecule has 1 aliphatic rings. The summed E-state index contributed by atoms with van der Waals surface area (Å²) in [5.41, 5.74) is 10.3. The van der Waals surface area contributed by atoms with Crippen molar-refractivity contribution in [3.8, 4) is 28.0 Å². The van der Waals surface area contributed by atoms with Crippen molar-refractivity contribution in [1.82, 2.24) is 0 Å². The summed E-state index contributed by atoms with van der Waals surface area (Å²) in [4.78, 5) is 2.43. The van der Waals surface area contributed by atoms with Gasteiger partial charge in [0.15, 0.2) is 0 Å². The smallest absolute Gasteiger partial charge is 0.511 e. The number of rotatable bonds is 6. The van der Waals surface area contributed by atoms with Crippen LogP contribution < -0.4 is 9.55 Å². The van der Waals surface area contributed by atoms with Gasteiger partial charge >= 0.3 is 7.32 Å². The number of fused-ring (bicyclic) bond motifs is 7. The molecule has 9 aromatic carbocycles. The quantitative estimate of drug-likeness (QED) is 0.134. The summed E-state index contributed by atoms with van der Waals surface area (Å²) >= 11 is 0. The van der Waals surface area contributed by atoms with E-state index in [1.807, 2.05) is 36.4 Å². The second-order valence-electron chi connectivity index (χ2n) is 14.7. The SMILES string of the molecule is CC1(C)c2cc(-c3c4ccccc4c(OB(O)O)c4ccccc34)ccc2-c2ccc(N(c3cccc4ccccc34)c3cccc4ccccc34)cc21. The largest absolute Gasteiger partial charge is 0.707 e. The van der Waals surface area contributed by atoms with Gasteiger partial charge in [-0.3, -0.25) is 0 Å². The molecule has 9 aromatic rings. The molecule has 10 rings (SSSR count). The van der Waals surface area contributed by atoms with Gasteiger partial charge in [-0.25, -0.2) is 0 Å². The Labute approximate surface area is 314 Å². The zero-order chi connectivity index (χ0) is 36.6. The summed E-state index contributed by atoms with van der Waals surface area (Å²) < 4.78 is 5.63. The second kappa shape index (κ2) is 12.3. The fourth-order valence-electron chi connectivity index (χ4n) is 8.87. The monoisotopic (exact) mass is 697 g/mol. The highest BCUT2D eigenvalue weighted by Crippen LogP contribution is 2.53. The van der Waals surface area contributed by atoms with Crippen molar-refractivity contribution in [2.24, 2.45) is 0 Å². The molecule has 258 valence electrons. The zero-order valence-electron chi connectivity index (χ0n) is 30.0. The van der Waals surface area contributed by atoms with Crippen LogP contribution in [0.5, 0.6) is 5.75 Å². The molecule has 0 aliphatic heterocycles. The van der Waals surface area contributed by atoms with Gasteiger partial charge in [0, 0.05) is 32.6 Å². The van der Waals surface area contributed by atoms with Crippen molar-refractivity contribution in [3.05, 3.63) is 181 Å². The third kappa shape index (κ3) is 4.93. The zero-order valence-corrected chi connectivity index (χ0v) is 30.0. The van der Waals surface area contributed by atoms with Gasteiger partial charge in [-0.15, -0.1) is 0 Å². The van der Waals surface area contributed by atoms with E-state index in [1.165, 1.54) is 43.8 Å². The Balaban J connectivity index is 1.16. The van der Waals surface area contributed by atoms with Gasteiger partial charge in [0.1, 0.15) is 5.75 Å². The van der Waals surface area contributed by atoms with Crippen LogP contribution in [0.15, 0.2) is 170 Å². The van der Waals surface area contributed by atoms with Crippen LogP contribution >= 0.6 is 0 Å². The number of anilines is 3. The minimum absolute atomic E-state index is 0.296. The number of hydrogen-bond donors (Lipinski definition) is 2. The van der Waals surface area contributed by atoms with E-state index < -0.39 is 7.32 Å². The van der Waals surface area contributed by atoms with Gasteiger partial charge in [0.05, 0.1) is 11.4 Å². The first-order chi connectivity index (χ1) is 26.4. The first-order valence-electron chi connectivity index (χ1n) is 18.4. The van der Waals surface area contributed by atoms with Crippen molar-refractivity contribution in [2.75, 3.05) is 4.90 Å². The summed E-state index contributed by atoms with van der Waals surface area (Å²) in [6, 6.07) is 60.3. The van der Waals surface area contributed by atoms with Crippen LogP contribution in [0.3, 0.4) is 0 Å². The highest BCUT2D eigenvalue weighted by Gasteiger charge is 2.37. The summed E-state index contributed by atoms with van der Waals surface area (Å²) in [7, 11) is -1.93. The molecule has 0 amide bonds. The third-order valence-corrected chi connectivity index (χ3v) is 11.3. The van der Waals surface area contributed by atoms with E-state index in [0.29, 0.717) is 5.75 Å². The second-order valence-corrected chi connectivity index (χ2v) is 14.7. The van der Waals surface area contributed by atoms with E-state index in [1.54, 1.807) is 0 Å². The van der Waals surface area contributed by atoms with Crippen molar-refractivity contribution in [1.29, 1.82) is 0 Å². The Hall–Kier alpha value is -6.40. The molecule has 0 saturated carbocycles. The summed E-state index contributed by atoms with van der Waals surface area (Å²) in [5, 5.41) is 28.2. The average Bonchev–Trinajstić information content (AvgIpc) is 3.43. The molecule has 5 heteroatoms. The molecular weight excluding hydrogens is 661 g/mol. The fraction of sp³-hybridized carbons (Fsp3) is 0.0612. The van der Waals surface area contributed by atoms with Crippen LogP contribution in [0.4, 0.5) is 17.1 Å². The van der Waals surface area contributed by atoms with Crippen LogP contribution in [-0.4, -0.2) is 17.4 Å². The normalized spacial score (nSPS) is 13.0. The van der Waals surface area contributed by atoms with Crippen molar-refractivity contribution < 1.29 is 14.7 Å². The van der Waals surface area contributed by atoms with E-state index in [2.05, 4.69) is 152 Å². The maximum Gasteiger partial charge on any atom is 0.707 e. The lowest BCUT2D eigenvalue weighted by molar-refractivity contribution is 0.291. The summed E-state index contributed by atoms with van der Waals surface area (Å²) in [6.07, 6.45) is 0. The molecule has 54 heavy (non-hydrogen) atoms. The van der Waals surface area contributed by atoms with Crippen LogP contribution in [-0.2, 0) is 5.41 Å². The third-order valence-electron chi connectivity index (χ3n) is 11.3. The van der Waals surface area contributed by atoms with Crippen LogP contribution in [0, 0.1) is 0 Å². The molecule has 0 bridgehead atoms.